The van der Waals surface area contributed by atoms with Gasteiger partial charge in [0.15, 0.2) is 5.71 Å². The summed E-state index contributed by atoms with van der Waals surface area (Å²) in [5.74, 6) is -2.16. The van der Waals surface area contributed by atoms with Gasteiger partial charge in [0.1, 0.15) is 0 Å². The first-order chi connectivity index (χ1) is 9.84. The van der Waals surface area contributed by atoms with Crippen LogP contribution in [0, 0.1) is 11.8 Å². The zero-order valence-electron chi connectivity index (χ0n) is 13.3. The molecule has 0 saturated heterocycles. The Hall–Kier alpha value is -1.63. The number of hydrazone groups is 1. The Morgan fingerprint density at radius 3 is 2.48 bits per heavy atom. The van der Waals surface area contributed by atoms with E-state index in [0.29, 0.717) is 18.0 Å². The number of hydrogen-bond acceptors (Lipinski definition) is 7. The number of carbonyl (C=O) groups is 2. The summed E-state index contributed by atoms with van der Waals surface area (Å²) in [6, 6.07) is 0. The van der Waals surface area contributed by atoms with Gasteiger partial charge in [-0.2, -0.15) is 0 Å². The summed E-state index contributed by atoms with van der Waals surface area (Å²) < 4.78 is 10.3. The molecule has 7 heteroatoms. The molecule has 1 aliphatic heterocycles. The van der Waals surface area contributed by atoms with Crippen LogP contribution >= 0.6 is 0 Å². The summed E-state index contributed by atoms with van der Waals surface area (Å²) in [7, 11) is 0. The minimum absolute atomic E-state index is 0.100. The fraction of sp³-hybridized carbons (Fsp3) is 0.786. The number of cyclic esters (lactones) is 1. The van der Waals surface area contributed by atoms with E-state index in [9.17, 15) is 14.8 Å². The second-order valence-electron chi connectivity index (χ2n) is 5.20. The minimum Gasteiger partial charge on any atom is -0.461 e. The van der Waals surface area contributed by atoms with Gasteiger partial charge in [0, 0.05) is 11.8 Å². The molecular weight excluding hydrogens is 276 g/mol. The van der Waals surface area contributed by atoms with Gasteiger partial charge in [-0.25, -0.2) is 9.59 Å². The molecule has 0 radical (unpaired) electrons. The molecule has 0 amide bonds. The number of carbonyl (C=O) groups excluding carboxylic acids is 2. The van der Waals surface area contributed by atoms with Crippen molar-refractivity contribution in [2.24, 2.45) is 16.9 Å². The predicted octanol–water partition coefficient (Wildman–Crippen LogP) is 1.94. The lowest BCUT2D eigenvalue weighted by atomic mass is 9.93. The molecule has 0 aromatic carbocycles. The number of esters is 2. The van der Waals surface area contributed by atoms with Crippen LogP contribution in [0.3, 0.4) is 0 Å². The second-order valence-corrected chi connectivity index (χ2v) is 5.20. The number of rotatable bonds is 6. The number of nitrogens with zero attached hydrogens (tertiary/aromatic N) is 2. The van der Waals surface area contributed by atoms with Crippen LogP contribution in [-0.4, -0.2) is 40.4 Å². The molecule has 1 heterocycles. The summed E-state index contributed by atoms with van der Waals surface area (Å²) >= 11 is 0. The molecule has 7 nitrogen and oxygen atoms in total. The zero-order valence-corrected chi connectivity index (χ0v) is 13.3. The van der Waals surface area contributed by atoms with Crippen LogP contribution in [0.25, 0.3) is 0 Å². The van der Waals surface area contributed by atoms with Gasteiger partial charge in [0.25, 0.3) is 0 Å². The van der Waals surface area contributed by atoms with E-state index in [2.05, 4.69) is 5.10 Å². The molecule has 0 aliphatic carbocycles. The van der Waals surface area contributed by atoms with Crippen molar-refractivity contribution < 1.29 is 24.3 Å². The lowest BCUT2D eigenvalue weighted by Crippen LogP contribution is -2.63. The third-order valence-corrected chi connectivity index (χ3v) is 3.88. The highest BCUT2D eigenvalue weighted by Crippen LogP contribution is 2.33. The maximum atomic E-state index is 12.3. The standard InChI is InChI=1S/C14H24N2O5/c1-6-9(4)11-12(17)21-14(10(5)7-2,16(19)15-11)13(18)20-8-3/h9-10,19H,6-8H2,1-5H3. The van der Waals surface area contributed by atoms with Gasteiger partial charge in [-0.05, 0) is 19.8 Å². The average Bonchev–Trinajstić information content (AvgIpc) is 2.47. The molecule has 0 saturated carbocycles. The van der Waals surface area contributed by atoms with Crippen molar-refractivity contribution in [3.63, 3.8) is 0 Å². The van der Waals surface area contributed by atoms with Crippen LogP contribution < -0.4 is 0 Å². The molecule has 0 bridgehead atoms. The predicted molar refractivity (Wildman–Crippen MR) is 75.4 cm³/mol. The fourth-order valence-electron chi connectivity index (χ4n) is 2.08. The van der Waals surface area contributed by atoms with Crippen LogP contribution in [0.15, 0.2) is 5.10 Å². The zero-order chi connectivity index (χ0) is 16.2. The van der Waals surface area contributed by atoms with Crippen LogP contribution in [0.1, 0.15) is 47.5 Å². The molecule has 1 rings (SSSR count). The smallest absolute Gasteiger partial charge is 0.376 e. The molecular formula is C14H24N2O5. The monoisotopic (exact) mass is 300 g/mol. The summed E-state index contributed by atoms with van der Waals surface area (Å²) in [6.45, 7) is 8.96. The topological polar surface area (TPSA) is 88.4 Å². The Morgan fingerprint density at radius 1 is 1.38 bits per heavy atom. The maximum Gasteiger partial charge on any atom is 0.376 e. The molecule has 3 atom stereocenters. The maximum absolute atomic E-state index is 12.3. The average molecular weight is 300 g/mol. The van der Waals surface area contributed by atoms with Crippen molar-refractivity contribution in [1.29, 1.82) is 0 Å². The molecule has 0 aromatic rings. The van der Waals surface area contributed by atoms with Crippen LogP contribution in [-0.2, 0) is 19.1 Å². The van der Waals surface area contributed by atoms with E-state index < -0.39 is 23.6 Å². The minimum atomic E-state index is -1.92. The molecule has 1 aliphatic rings. The summed E-state index contributed by atoms with van der Waals surface area (Å²) in [5, 5.41) is 14.6. The van der Waals surface area contributed by atoms with Crippen molar-refractivity contribution in [2.75, 3.05) is 6.61 Å². The van der Waals surface area contributed by atoms with Gasteiger partial charge >= 0.3 is 17.7 Å². The Morgan fingerprint density at radius 2 is 2.00 bits per heavy atom. The molecule has 0 spiro atoms. The first-order valence-electron chi connectivity index (χ1n) is 7.33. The van der Waals surface area contributed by atoms with Crippen molar-refractivity contribution in [1.82, 2.24) is 5.17 Å². The first-order valence-corrected chi connectivity index (χ1v) is 7.33. The molecule has 3 unspecified atom stereocenters. The van der Waals surface area contributed by atoms with Crippen LogP contribution in [0.2, 0.25) is 0 Å². The van der Waals surface area contributed by atoms with Gasteiger partial charge in [-0.3, -0.25) is 5.21 Å². The van der Waals surface area contributed by atoms with Crippen LogP contribution in [0.5, 0.6) is 0 Å². The van der Waals surface area contributed by atoms with Crippen molar-refractivity contribution in [3.8, 4) is 0 Å². The van der Waals surface area contributed by atoms with Gasteiger partial charge in [0.2, 0.25) is 0 Å². The normalized spacial score (nSPS) is 25.0. The van der Waals surface area contributed by atoms with Gasteiger partial charge in [-0.1, -0.05) is 27.7 Å². The van der Waals surface area contributed by atoms with E-state index >= 15 is 0 Å². The SMILES string of the molecule is CCOC(=O)C1(C(C)CC)OC(=O)C(C(C)CC)=NN1O. The quantitative estimate of drug-likeness (QED) is 0.754. The van der Waals surface area contributed by atoms with Crippen molar-refractivity contribution in [3.05, 3.63) is 0 Å². The number of hydrogen-bond donors (Lipinski definition) is 1. The molecule has 120 valence electrons. The number of hydroxylamine groups is 1. The van der Waals surface area contributed by atoms with E-state index in [1.165, 1.54) is 0 Å². The van der Waals surface area contributed by atoms with Crippen LogP contribution in [0.4, 0.5) is 0 Å². The molecule has 0 aromatic heterocycles. The summed E-state index contributed by atoms with van der Waals surface area (Å²) in [5.41, 5.74) is -1.82. The Kier molecular flexibility index (Phi) is 5.71. The Balaban J connectivity index is 3.26. The summed E-state index contributed by atoms with van der Waals surface area (Å²) in [4.78, 5) is 24.4. The van der Waals surface area contributed by atoms with E-state index in [-0.39, 0.29) is 18.2 Å². The Bertz CT molecular complexity index is 437. The third kappa shape index (κ3) is 3.02. The van der Waals surface area contributed by atoms with Gasteiger partial charge < -0.3 is 9.47 Å². The van der Waals surface area contributed by atoms with Crippen molar-refractivity contribution in [2.45, 2.75) is 53.2 Å². The van der Waals surface area contributed by atoms with E-state index in [0.717, 1.165) is 0 Å². The lowest BCUT2D eigenvalue weighted by Gasteiger charge is -2.41. The molecule has 0 fully saturated rings. The highest BCUT2D eigenvalue weighted by molar-refractivity contribution is 6.37. The third-order valence-electron chi connectivity index (χ3n) is 3.88. The summed E-state index contributed by atoms with van der Waals surface area (Å²) in [6.07, 6.45) is 1.16. The first kappa shape index (κ1) is 17.4. The molecule has 1 N–H and O–H groups in total. The highest BCUT2D eigenvalue weighted by Gasteiger charge is 2.57. The fourth-order valence-corrected chi connectivity index (χ4v) is 2.08. The number of ether oxygens (including phenoxy) is 2. The van der Waals surface area contributed by atoms with E-state index in [1.807, 2.05) is 13.8 Å². The lowest BCUT2D eigenvalue weighted by molar-refractivity contribution is -0.293. The van der Waals surface area contributed by atoms with Gasteiger partial charge in [-0.15, -0.1) is 10.3 Å². The second kappa shape index (κ2) is 6.89. The molecule has 21 heavy (non-hydrogen) atoms. The Labute approximate surface area is 124 Å². The van der Waals surface area contributed by atoms with E-state index in [4.69, 9.17) is 9.47 Å². The van der Waals surface area contributed by atoms with Gasteiger partial charge in [0.05, 0.1) is 6.61 Å². The largest absolute Gasteiger partial charge is 0.461 e. The van der Waals surface area contributed by atoms with Crippen molar-refractivity contribution >= 4 is 17.7 Å². The highest BCUT2D eigenvalue weighted by atomic mass is 16.7. The van der Waals surface area contributed by atoms with E-state index in [1.54, 1.807) is 20.8 Å².